The van der Waals surface area contributed by atoms with Gasteiger partial charge in [0.05, 0.1) is 11.1 Å². The normalized spacial score (nSPS) is 15.1. The molecule has 2 heterocycles. The molecule has 120 valence electrons. The Kier molecular flexibility index (Phi) is 4.60. The summed E-state index contributed by atoms with van der Waals surface area (Å²) in [6.45, 7) is 0. The topological polar surface area (TPSA) is 100 Å². The number of pyridine rings is 1. The van der Waals surface area contributed by atoms with E-state index in [9.17, 15) is 10.1 Å². The average Bonchev–Trinajstić information content (AvgIpc) is 2.56. The van der Waals surface area contributed by atoms with E-state index in [1.165, 1.54) is 18.9 Å². The van der Waals surface area contributed by atoms with Gasteiger partial charge in [0.1, 0.15) is 18.2 Å². The first-order valence-electron chi connectivity index (χ1n) is 7.48. The molecule has 2 aromatic heterocycles. The highest BCUT2D eigenvalue weighted by atomic mass is 16.6. The molecular weight excluding hydrogens is 300 g/mol. The summed E-state index contributed by atoms with van der Waals surface area (Å²) in [5.74, 6) is 0.164. The Morgan fingerprint density at radius 2 is 1.96 bits per heavy atom. The fourth-order valence-electron chi connectivity index (χ4n) is 2.52. The average molecular weight is 316 g/mol. The molecule has 1 saturated carbocycles. The van der Waals surface area contributed by atoms with E-state index >= 15 is 0 Å². The molecule has 0 radical (unpaired) electrons. The standard InChI is InChI=1S/C15H16N4O4/c20-19(21)13-14(22-11-5-2-1-3-6-11)17-10-18-15(13)23-12-7-4-8-16-9-12/h4,7-11H,1-3,5-6H2. The molecule has 3 rings (SSSR count). The second kappa shape index (κ2) is 6.99. The third kappa shape index (κ3) is 3.71. The highest BCUT2D eigenvalue weighted by Crippen LogP contribution is 2.36. The molecule has 1 aliphatic carbocycles. The summed E-state index contributed by atoms with van der Waals surface area (Å²) in [6.07, 6.45) is 9.22. The number of rotatable bonds is 5. The maximum atomic E-state index is 11.4. The van der Waals surface area contributed by atoms with Crippen LogP contribution in [-0.2, 0) is 0 Å². The van der Waals surface area contributed by atoms with E-state index in [0.717, 1.165) is 25.7 Å². The van der Waals surface area contributed by atoms with Crippen molar-refractivity contribution in [3.05, 3.63) is 41.0 Å². The Morgan fingerprint density at radius 3 is 2.65 bits per heavy atom. The summed E-state index contributed by atoms with van der Waals surface area (Å²) >= 11 is 0. The van der Waals surface area contributed by atoms with Crippen molar-refractivity contribution in [2.45, 2.75) is 38.2 Å². The van der Waals surface area contributed by atoms with Crippen molar-refractivity contribution in [3.63, 3.8) is 0 Å². The van der Waals surface area contributed by atoms with Crippen LogP contribution in [0.25, 0.3) is 0 Å². The van der Waals surface area contributed by atoms with E-state index in [-0.39, 0.29) is 23.6 Å². The fraction of sp³-hybridized carbons (Fsp3) is 0.400. The van der Waals surface area contributed by atoms with Crippen LogP contribution in [0.4, 0.5) is 5.69 Å². The summed E-state index contributed by atoms with van der Waals surface area (Å²) in [5.41, 5.74) is -0.359. The van der Waals surface area contributed by atoms with Crippen LogP contribution in [0.15, 0.2) is 30.9 Å². The van der Waals surface area contributed by atoms with E-state index in [4.69, 9.17) is 9.47 Å². The van der Waals surface area contributed by atoms with Gasteiger partial charge in [-0.25, -0.2) is 0 Å². The monoisotopic (exact) mass is 316 g/mol. The molecule has 0 amide bonds. The first kappa shape index (κ1) is 15.1. The van der Waals surface area contributed by atoms with Crippen LogP contribution in [0, 0.1) is 10.1 Å². The van der Waals surface area contributed by atoms with E-state index < -0.39 is 4.92 Å². The maximum Gasteiger partial charge on any atom is 0.392 e. The molecule has 1 aliphatic rings. The summed E-state index contributed by atoms with van der Waals surface area (Å²) in [6, 6.07) is 3.31. The molecule has 2 aromatic rings. The molecule has 0 atom stereocenters. The van der Waals surface area contributed by atoms with Crippen LogP contribution in [0.3, 0.4) is 0 Å². The Bertz CT molecular complexity index is 674. The predicted octanol–water partition coefficient (Wildman–Crippen LogP) is 3.28. The fourth-order valence-corrected chi connectivity index (χ4v) is 2.52. The number of nitro groups is 1. The number of ether oxygens (including phenoxy) is 2. The second-order valence-electron chi connectivity index (χ2n) is 5.26. The first-order valence-corrected chi connectivity index (χ1v) is 7.48. The van der Waals surface area contributed by atoms with Gasteiger partial charge in [0.25, 0.3) is 0 Å². The number of hydrogen-bond donors (Lipinski definition) is 0. The molecule has 0 aliphatic heterocycles. The second-order valence-corrected chi connectivity index (χ2v) is 5.26. The molecule has 0 spiro atoms. The van der Waals surface area contributed by atoms with Gasteiger partial charge in [-0.05, 0) is 37.8 Å². The molecule has 8 heteroatoms. The van der Waals surface area contributed by atoms with Gasteiger partial charge in [0.2, 0.25) is 0 Å². The Morgan fingerprint density at radius 1 is 1.17 bits per heavy atom. The lowest BCUT2D eigenvalue weighted by atomic mass is 9.98. The molecule has 0 unspecified atom stereocenters. The SMILES string of the molecule is O=[N+]([O-])c1c(Oc2cccnc2)ncnc1OC1CCCCC1. The summed E-state index contributed by atoms with van der Waals surface area (Å²) in [4.78, 5) is 22.5. The van der Waals surface area contributed by atoms with Gasteiger partial charge in [-0.15, -0.1) is 0 Å². The van der Waals surface area contributed by atoms with Crippen LogP contribution < -0.4 is 9.47 Å². The van der Waals surface area contributed by atoms with Crippen LogP contribution in [0.5, 0.6) is 17.5 Å². The highest BCUT2D eigenvalue weighted by molar-refractivity contribution is 5.50. The minimum Gasteiger partial charge on any atom is -0.469 e. The van der Waals surface area contributed by atoms with Gasteiger partial charge in [0.15, 0.2) is 0 Å². The van der Waals surface area contributed by atoms with E-state index in [1.54, 1.807) is 18.3 Å². The number of nitrogens with zero attached hydrogens (tertiary/aromatic N) is 4. The van der Waals surface area contributed by atoms with Gasteiger partial charge < -0.3 is 9.47 Å². The van der Waals surface area contributed by atoms with Gasteiger partial charge in [-0.2, -0.15) is 9.97 Å². The zero-order chi connectivity index (χ0) is 16.1. The summed E-state index contributed by atoms with van der Waals surface area (Å²) in [5, 5.41) is 11.4. The molecule has 0 bridgehead atoms. The lowest BCUT2D eigenvalue weighted by Crippen LogP contribution is -2.21. The Hall–Kier alpha value is -2.77. The zero-order valence-corrected chi connectivity index (χ0v) is 12.4. The molecule has 8 nitrogen and oxygen atoms in total. The highest BCUT2D eigenvalue weighted by Gasteiger charge is 2.29. The zero-order valence-electron chi connectivity index (χ0n) is 12.4. The van der Waals surface area contributed by atoms with Gasteiger partial charge in [-0.1, -0.05) is 6.42 Å². The molecule has 0 saturated heterocycles. The first-order chi connectivity index (χ1) is 11.2. The molecule has 0 aromatic carbocycles. The van der Waals surface area contributed by atoms with Crippen LogP contribution in [-0.4, -0.2) is 26.0 Å². The largest absolute Gasteiger partial charge is 0.469 e. The molecule has 1 fully saturated rings. The third-order valence-corrected chi connectivity index (χ3v) is 3.62. The van der Waals surface area contributed by atoms with Gasteiger partial charge in [-0.3, -0.25) is 15.1 Å². The molecule has 0 N–H and O–H groups in total. The van der Waals surface area contributed by atoms with Gasteiger partial charge >= 0.3 is 17.4 Å². The lowest BCUT2D eigenvalue weighted by molar-refractivity contribution is -0.387. The lowest BCUT2D eigenvalue weighted by Gasteiger charge is -2.22. The quantitative estimate of drug-likeness (QED) is 0.616. The predicted molar refractivity (Wildman–Crippen MR) is 80.5 cm³/mol. The van der Waals surface area contributed by atoms with Crippen LogP contribution >= 0.6 is 0 Å². The maximum absolute atomic E-state index is 11.4. The molecule has 23 heavy (non-hydrogen) atoms. The Labute approximate surface area is 132 Å². The van der Waals surface area contributed by atoms with E-state index in [2.05, 4.69) is 15.0 Å². The van der Waals surface area contributed by atoms with Crippen molar-refractivity contribution in [2.24, 2.45) is 0 Å². The third-order valence-electron chi connectivity index (χ3n) is 3.62. The summed E-state index contributed by atoms with van der Waals surface area (Å²) < 4.78 is 11.2. The van der Waals surface area contributed by atoms with Crippen molar-refractivity contribution in [3.8, 4) is 17.5 Å². The van der Waals surface area contributed by atoms with E-state index in [1.807, 2.05) is 0 Å². The van der Waals surface area contributed by atoms with Crippen molar-refractivity contribution < 1.29 is 14.4 Å². The van der Waals surface area contributed by atoms with Crippen molar-refractivity contribution in [1.29, 1.82) is 0 Å². The van der Waals surface area contributed by atoms with Crippen molar-refractivity contribution in [2.75, 3.05) is 0 Å². The van der Waals surface area contributed by atoms with Crippen molar-refractivity contribution in [1.82, 2.24) is 15.0 Å². The molecular formula is C15H16N4O4. The van der Waals surface area contributed by atoms with E-state index in [0.29, 0.717) is 5.75 Å². The number of aromatic nitrogens is 3. The minimum absolute atomic E-state index is 0.0456. The minimum atomic E-state index is -0.580. The smallest absolute Gasteiger partial charge is 0.392 e. The van der Waals surface area contributed by atoms with Crippen molar-refractivity contribution >= 4 is 5.69 Å². The van der Waals surface area contributed by atoms with Crippen LogP contribution in [0.1, 0.15) is 32.1 Å². The number of hydrogen-bond acceptors (Lipinski definition) is 7. The summed E-state index contributed by atoms with van der Waals surface area (Å²) in [7, 11) is 0. The Balaban J connectivity index is 1.87. The van der Waals surface area contributed by atoms with Gasteiger partial charge in [0, 0.05) is 6.20 Å². The van der Waals surface area contributed by atoms with Crippen LogP contribution in [0.2, 0.25) is 0 Å².